The second-order valence-electron chi connectivity index (χ2n) is 5.30. The monoisotopic (exact) mass is 365 g/mol. The first-order valence-corrected chi connectivity index (χ1v) is 7.92. The van der Waals surface area contributed by atoms with Crippen LogP contribution < -0.4 is 4.74 Å². The van der Waals surface area contributed by atoms with E-state index in [1.165, 1.54) is 12.4 Å². The predicted octanol–water partition coefficient (Wildman–Crippen LogP) is 3.95. The summed E-state index contributed by atoms with van der Waals surface area (Å²) in [6, 6.07) is 14.3. The topological polar surface area (TPSA) is 96.1 Å². The molecule has 0 spiro atoms. The van der Waals surface area contributed by atoms with Crippen LogP contribution in [0.3, 0.4) is 0 Å². The molecule has 7 heteroatoms. The number of benzene rings is 2. The summed E-state index contributed by atoms with van der Waals surface area (Å²) in [5, 5.41) is 18.2. The maximum atomic E-state index is 10.8. The number of nitriles is 1. The van der Waals surface area contributed by atoms with Gasteiger partial charge in [-0.3, -0.25) is 0 Å². The van der Waals surface area contributed by atoms with E-state index < -0.39 is 5.97 Å². The molecule has 3 rings (SSSR count). The lowest BCUT2D eigenvalue weighted by Gasteiger charge is -2.09. The number of nitrogens with zero attached hydrogens (tertiary/aromatic N) is 3. The number of aromatic carboxylic acids is 1. The van der Waals surface area contributed by atoms with Crippen molar-refractivity contribution >= 4 is 17.6 Å². The van der Waals surface area contributed by atoms with Crippen molar-refractivity contribution in [2.24, 2.45) is 0 Å². The molecule has 0 aliphatic rings. The van der Waals surface area contributed by atoms with Crippen LogP contribution in [0.5, 0.6) is 5.75 Å². The van der Waals surface area contributed by atoms with Gasteiger partial charge in [-0.25, -0.2) is 14.8 Å². The molecule has 0 saturated heterocycles. The third-order valence-corrected chi connectivity index (χ3v) is 4.05. The Bertz CT molecular complexity index is 980. The highest BCUT2D eigenvalue weighted by atomic mass is 35.5. The number of carboxylic acids is 1. The molecule has 26 heavy (non-hydrogen) atoms. The maximum Gasteiger partial charge on any atom is 0.338 e. The molecule has 0 aliphatic carbocycles. The standard InChI is InChI=1S/C19H12ClN3O3/c20-17-13(8-21)2-1-3-14(17)11-26-16-6-4-12(5-7-16)18-22-9-15(10-23-18)19(24)25/h1-7,9-10H,11H2,(H,24,25). The first kappa shape index (κ1) is 17.4. The van der Waals surface area contributed by atoms with Crippen LogP contribution in [0.1, 0.15) is 21.5 Å². The number of aromatic nitrogens is 2. The summed E-state index contributed by atoms with van der Waals surface area (Å²) in [5.74, 6) is -0.0277. The second kappa shape index (κ2) is 7.64. The van der Waals surface area contributed by atoms with Crippen LogP contribution >= 0.6 is 11.6 Å². The number of hydrogen-bond donors (Lipinski definition) is 1. The van der Waals surface area contributed by atoms with Gasteiger partial charge in [-0.15, -0.1) is 0 Å². The van der Waals surface area contributed by atoms with Gasteiger partial charge < -0.3 is 9.84 Å². The first-order valence-electron chi connectivity index (χ1n) is 7.54. The Morgan fingerprint density at radius 3 is 2.46 bits per heavy atom. The molecule has 0 amide bonds. The third-order valence-electron chi connectivity index (χ3n) is 3.60. The fraction of sp³-hybridized carbons (Fsp3) is 0.0526. The highest BCUT2D eigenvalue weighted by molar-refractivity contribution is 6.32. The Hall–Kier alpha value is -3.43. The molecule has 0 aliphatic heterocycles. The van der Waals surface area contributed by atoms with E-state index in [0.29, 0.717) is 22.2 Å². The first-order chi connectivity index (χ1) is 12.6. The fourth-order valence-electron chi connectivity index (χ4n) is 2.23. The molecule has 0 bridgehead atoms. The molecule has 2 aromatic carbocycles. The fourth-order valence-corrected chi connectivity index (χ4v) is 2.45. The van der Waals surface area contributed by atoms with Gasteiger partial charge in [-0.05, 0) is 30.3 Å². The van der Waals surface area contributed by atoms with Crippen LogP contribution in [0.25, 0.3) is 11.4 Å². The normalized spacial score (nSPS) is 10.2. The van der Waals surface area contributed by atoms with Gasteiger partial charge in [0.25, 0.3) is 0 Å². The maximum absolute atomic E-state index is 10.8. The van der Waals surface area contributed by atoms with Crippen molar-refractivity contribution in [2.75, 3.05) is 0 Å². The summed E-state index contributed by atoms with van der Waals surface area (Å²) in [5.41, 5.74) is 1.90. The van der Waals surface area contributed by atoms with E-state index in [2.05, 4.69) is 9.97 Å². The molecule has 0 fully saturated rings. The van der Waals surface area contributed by atoms with Gasteiger partial charge in [0.1, 0.15) is 18.4 Å². The zero-order chi connectivity index (χ0) is 18.5. The van der Waals surface area contributed by atoms with Crippen molar-refractivity contribution in [2.45, 2.75) is 6.61 Å². The van der Waals surface area contributed by atoms with Gasteiger partial charge >= 0.3 is 5.97 Å². The molecule has 1 N–H and O–H groups in total. The number of ether oxygens (including phenoxy) is 1. The number of hydrogen-bond acceptors (Lipinski definition) is 5. The average molecular weight is 366 g/mol. The molecule has 0 saturated carbocycles. The van der Waals surface area contributed by atoms with Gasteiger partial charge in [0.05, 0.1) is 16.1 Å². The zero-order valence-electron chi connectivity index (χ0n) is 13.4. The molecule has 128 valence electrons. The Balaban J connectivity index is 1.70. The summed E-state index contributed by atoms with van der Waals surface area (Å²) in [4.78, 5) is 18.9. The molecule has 3 aromatic rings. The minimum absolute atomic E-state index is 0.0326. The smallest absolute Gasteiger partial charge is 0.338 e. The summed E-state index contributed by atoms with van der Waals surface area (Å²) in [6.07, 6.45) is 2.53. The quantitative estimate of drug-likeness (QED) is 0.735. The average Bonchev–Trinajstić information content (AvgIpc) is 2.68. The molecule has 0 radical (unpaired) electrons. The summed E-state index contributed by atoms with van der Waals surface area (Å²) < 4.78 is 5.70. The van der Waals surface area contributed by atoms with Crippen molar-refractivity contribution in [1.82, 2.24) is 9.97 Å². The number of halogens is 1. The lowest BCUT2D eigenvalue weighted by Crippen LogP contribution is -2.00. The zero-order valence-corrected chi connectivity index (χ0v) is 14.1. The minimum Gasteiger partial charge on any atom is -0.489 e. The molecular formula is C19H12ClN3O3. The van der Waals surface area contributed by atoms with Crippen molar-refractivity contribution in [3.63, 3.8) is 0 Å². The lowest BCUT2D eigenvalue weighted by atomic mass is 10.1. The van der Waals surface area contributed by atoms with E-state index in [4.69, 9.17) is 26.7 Å². The SMILES string of the molecule is N#Cc1cccc(COc2ccc(-c3ncc(C(=O)O)cn3)cc2)c1Cl. The highest BCUT2D eigenvalue weighted by Gasteiger charge is 2.08. The van der Waals surface area contributed by atoms with E-state index in [1.54, 1.807) is 42.5 Å². The van der Waals surface area contributed by atoms with E-state index in [0.717, 1.165) is 11.1 Å². The lowest BCUT2D eigenvalue weighted by molar-refractivity contribution is 0.0696. The van der Waals surface area contributed by atoms with Crippen LogP contribution in [-0.2, 0) is 6.61 Å². The third kappa shape index (κ3) is 3.79. The van der Waals surface area contributed by atoms with Crippen LogP contribution in [0.4, 0.5) is 0 Å². The van der Waals surface area contributed by atoms with Gasteiger partial charge in [-0.1, -0.05) is 23.7 Å². The largest absolute Gasteiger partial charge is 0.489 e. The Morgan fingerprint density at radius 1 is 1.15 bits per heavy atom. The van der Waals surface area contributed by atoms with Crippen molar-refractivity contribution in [1.29, 1.82) is 5.26 Å². The molecule has 1 heterocycles. The van der Waals surface area contributed by atoms with Crippen molar-refractivity contribution < 1.29 is 14.6 Å². The Kier molecular flexibility index (Phi) is 5.11. The molecule has 0 atom stereocenters. The predicted molar refractivity (Wildman–Crippen MR) is 94.9 cm³/mol. The van der Waals surface area contributed by atoms with Crippen LogP contribution in [0.2, 0.25) is 5.02 Å². The number of rotatable bonds is 5. The van der Waals surface area contributed by atoms with Crippen LogP contribution in [0.15, 0.2) is 54.9 Å². The molecule has 0 unspecified atom stereocenters. The van der Waals surface area contributed by atoms with E-state index in [9.17, 15) is 4.79 Å². The summed E-state index contributed by atoms with van der Waals surface area (Å²) >= 11 is 6.15. The van der Waals surface area contributed by atoms with E-state index in [1.807, 2.05) is 6.07 Å². The van der Waals surface area contributed by atoms with Gasteiger partial charge in [0, 0.05) is 23.5 Å². The van der Waals surface area contributed by atoms with Gasteiger partial charge in [0.2, 0.25) is 0 Å². The molecule has 6 nitrogen and oxygen atoms in total. The molecule has 1 aromatic heterocycles. The summed E-state index contributed by atoms with van der Waals surface area (Å²) in [6.45, 7) is 0.234. The van der Waals surface area contributed by atoms with Crippen molar-refractivity contribution in [3.8, 4) is 23.2 Å². The Morgan fingerprint density at radius 2 is 1.85 bits per heavy atom. The van der Waals surface area contributed by atoms with E-state index >= 15 is 0 Å². The van der Waals surface area contributed by atoms with Gasteiger partial charge in [0.15, 0.2) is 5.82 Å². The Labute approximate surface area is 154 Å². The highest BCUT2D eigenvalue weighted by Crippen LogP contribution is 2.24. The van der Waals surface area contributed by atoms with Crippen molar-refractivity contribution in [3.05, 3.63) is 76.6 Å². The van der Waals surface area contributed by atoms with E-state index in [-0.39, 0.29) is 12.2 Å². The molecular weight excluding hydrogens is 354 g/mol. The second-order valence-corrected chi connectivity index (χ2v) is 5.68. The van der Waals surface area contributed by atoms with Crippen LogP contribution in [0, 0.1) is 11.3 Å². The number of carboxylic acid groups (broad SMARTS) is 1. The van der Waals surface area contributed by atoms with Gasteiger partial charge in [-0.2, -0.15) is 5.26 Å². The van der Waals surface area contributed by atoms with Crippen LogP contribution in [-0.4, -0.2) is 21.0 Å². The minimum atomic E-state index is -1.07. The summed E-state index contributed by atoms with van der Waals surface area (Å²) in [7, 11) is 0. The number of carbonyl (C=O) groups is 1.